The van der Waals surface area contributed by atoms with Crippen LogP contribution in [-0.4, -0.2) is 41.0 Å². The van der Waals surface area contributed by atoms with Gasteiger partial charge in [0.25, 0.3) is 5.91 Å². The first kappa shape index (κ1) is 17.5. The highest BCUT2D eigenvalue weighted by Crippen LogP contribution is 2.26. The van der Waals surface area contributed by atoms with Gasteiger partial charge in [0, 0.05) is 12.7 Å². The van der Waals surface area contributed by atoms with Crippen LogP contribution < -0.4 is 10.6 Å². The van der Waals surface area contributed by atoms with Crippen molar-refractivity contribution in [3.05, 3.63) is 35.0 Å². The molecule has 2 N–H and O–H groups in total. The highest BCUT2D eigenvalue weighted by Gasteiger charge is 2.19. The molecule has 0 atom stereocenters. The number of pyridine rings is 1. The second-order valence-corrected chi connectivity index (χ2v) is 5.63. The number of esters is 1. The topological polar surface area (TPSA) is 110 Å². The van der Waals surface area contributed by atoms with Crippen LogP contribution in [0.3, 0.4) is 0 Å². The van der Waals surface area contributed by atoms with E-state index in [4.69, 9.17) is 4.74 Å². The Bertz CT molecular complexity index is 745. The van der Waals surface area contributed by atoms with E-state index in [2.05, 4.69) is 15.3 Å². The molecule has 3 amide bonds. The van der Waals surface area contributed by atoms with E-state index in [-0.39, 0.29) is 0 Å². The third kappa shape index (κ3) is 4.59. The molecule has 8 nitrogen and oxygen atoms in total. The second-order valence-electron chi connectivity index (χ2n) is 4.63. The van der Waals surface area contributed by atoms with Gasteiger partial charge in [-0.25, -0.2) is 14.6 Å². The molecule has 9 heteroatoms. The molecule has 0 unspecified atom stereocenters. The van der Waals surface area contributed by atoms with Crippen molar-refractivity contribution in [3.63, 3.8) is 0 Å². The van der Waals surface area contributed by atoms with E-state index in [9.17, 15) is 14.4 Å². The molecule has 0 spiro atoms. The van der Waals surface area contributed by atoms with Gasteiger partial charge in [-0.05, 0) is 26.0 Å². The lowest BCUT2D eigenvalue weighted by atomic mass is 10.3. The SMILES string of the molecule is CCNC(=O)NC(=O)COC(=O)c1sc(-c2ccccn2)nc1C. The first-order valence-electron chi connectivity index (χ1n) is 7.15. The van der Waals surface area contributed by atoms with E-state index in [0.717, 1.165) is 11.3 Å². The fourth-order valence-electron chi connectivity index (χ4n) is 1.75. The minimum atomic E-state index is -0.707. The number of urea groups is 1. The molecular weight excluding hydrogens is 332 g/mol. The average molecular weight is 348 g/mol. The van der Waals surface area contributed by atoms with Crippen molar-refractivity contribution >= 4 is 29.2 Å². The van der Waals surface area contributed by atoms with E-state index in [1.165, 1.54) is 0 Å². The lowest BCUT2D eigenvalue weighted by Gasteiger charge is -2.05. The number of imide groups is 1. The number of aromatic nitrogens is 2. The van der Waals surface area contributed by atoms with Gasteiger partial charge in [0.05, 0.1) is 11.4 Å². The molecule has 0 radical (unpaired) electrons. The zero-order chi connectivity index (χ0) is 17.5. The molecule has 0 bridgehead atoms. The Balaban J connectivity index is 1.97. The van der Waals surface area contributed by atoms with Gasteiger partial charge in [0.1, 0.15) is 9.88 Å². The van der Waals surface area contributed by atoms with Gasteiger partial charge in [0.2, 0.25) is 0 Å². The number of rotatable bonds is 5. The molecule has 0 aliphatic rings. The molecule has 2 rings (SSSR count). The third-order valence-electron chi connectivity index (χ3n) is 2.79. The number of ether oxygens (including phenoxy) is 1. The number of carbonyl (C=O) groups excluding carboxylic acids is 3. The minimum absolute atomic E-state index is 0.293. The molecular formula is C15H16N4O4S. The number of carbonyl (C=O) groups is 3. The Kier molecular flexibility index (Phi) is 5.96. The number of hydrogen-bond acceptors (Lipinski definition) is 7. The van der Waals surface area contributed by atoms with Crippen molar-refractivity contribution < 1.29 is 19.1 Å². The van der Waals surface area contributed by atoms with Gasteiger partial charge in [0.15, 0.2) is 6.61 Å². The molecule has 0 fully saturated rings. The summed E-state index contributed by atoms with van der Waals surface area (Å²) in [7, 11) is 0. The van der Waals surface area contributed by atoms with E-state index in [1.54, 1.807) is 32.2 Å². The monoisotopic (exact) mass is 348 g/mol. The molecule has 0 saturated carbocycles. The summed E-state index contributed by atoms with van der Waals surface area (Å²) in [6.45, 7) is 3.23. The predicted octanol–water partition coefficient (Wildman–Crippen LogP) is 1.52. The number of nitrogens with zero attached hydrogens (tertiary/aromatic N) is 2. The Labute approximate surface area is 142 Å². The largest absolute Gasteiger partial charge is 0.451 e. The average Bonchev–Trinajstić information content (AvgIpc) is 2.95. The molecule has 2 aromatic rings. The van der Waals surface area contributed by atoms with Gasteiger partial charge in [-0.2, -0.15) is 0 Å². The van der Waals surface area contributed by atoms with E-state index < -0.39 is 24.5 Å². The van der Waals surface area contributed by atoms with E-state index in [1.807, 2.05) is 11.4 Å². The minimum Gasteiger partial charge on any atom is -0.451 e. The summed E-state index contributed by atoms with van der Waals surface area (Å²) in [5, 5.41) is 5.03. The Morgan fingerprint density at radius 2 is 2.08 bits per heavy atom. The molecule has 2 heterocycles. The van der Waals surface area contributed by atoms with Crippen LogP contribution in [0.2, 0.25) is 0 Å². The molecule has 0 aliphatic carbocycles. The summed E-state index contributed by atoms with van der Waals surface area (Å²) in [5.41, 5.74) is 1.15. The summed E-state index contributed by atoms with van der Waals surface area (Å²) < 4.78 is 4.92. The van der Waals surface area contributed by atoms with E-state index >= 15 is 0 Å². The Hall–Kier alpha value is -2.81. The van der Waals surface area contributed by atoms with Gasteiger partial charge in [-0.1, -0.05) is 6.07 Å². The summed E-state index contributed by atoms with van der Waals surface area (Å²) in [6, 6.07) is 4.76. The van der Waals surface area contributed by atoms with Crippen molar-refractivity contribution in [3.8, 4) is 10.7 Å². The molecule has 0 aromatic carbocycles. The first-order valence-corrected chi connectivity index (χ1v) is 7.96. The number of aryl methyl sites for hydroxylation is 1. The summed E-state index contributed by atoms with van der Waals surface area (Å²) in [4.78, 5) is 43.5. The smallest absolute Gasteiger partial charge is 0.350 e. The van der Waals surface area contributed by atoms with Crippen LogP contribution in [0.15, 0.2) is 24.4 Å². The lowest BCUT2D eigenvalue weighted by Crippen LogP contribution is -2.41. The standard InChI is InChI=1S/C15H16N4O4S/c1-3-16-15(22)19-11(20)8-23-14(21)12-9(2)18-13(24-12)10-6-4-5-7-17-10/h4-7H,3,8H2,1-2H3,(H2,16,19,20,22). The van der Waals surface area contributed by atoms with E-state index in [0.29, 0.717) is 27.8 Å². The van der Waals surface area contributed by atoms with Gasteiger partial charge in [-0.3, -0.25) is 15.1 Å². The van der Waals surface area contributed by atoms with Crippen LogP contribution >= 0.6 is 11.3 Å². The zero-order valence-electron chi connectivity index (χ0n) is 13.2. The van der Waals surface area contributed by atoms with Gasteiger partial charge >= 0.3 is 12.0 Å². The molecule has 2 aromatic heterocycles. The maximum Gasteiger partial charge on any atom is 0.350 e. The molecule has 24 heavy (non-hydrogen) atoms. The number of hydrogen-bond donors (Lipinski definition) is 2. The summed E-state index contributed by atoms with van der Waals surface area (Å²) >= 11 is 1.14. The third-order valence-corrected chi connectivity index (χ3v) is 3.95. The van der Waals surface area contributed by atoms with Crippen LogP contribution in [0.25, 0.3) is 10.7 Å². The van der Waals surface area contributed by atoms with Crippen LogP contribution in [0.4, 0.5) is 4.79 Å². The molecule has 0 saturated heterocycles. The fraction of sp³-hybridized carbons (Fsp3) is 0.267. The normalized spacial score (nSPS) is 10.1. The maximum atomic E-state index is 12.1. The van der Waals surface area contributed by atoms with Gasteiger partial charge < -0.3 is 10.1 Å². The lowest BCUT2D eigenvalue weighted by molar-refractivity contribution is -0.123. The summed E-state index contributed by atoms with van der Waals surface area (Å²) in [5.74, 6) is -1.38. The van der Waals surface area contributed by atoms with Crippen molar-refractivity contribution in [2.24, 2.45) is 0 Å². The zero-order valence-corrected chi connectivity index (χ0v) is 14.0. The highest BCUT2D eigenvalue weighted by atomic mass is 32.1. The van der Waals surface area contributed by atoms with Crippen LogP contribution in [0.5, 0.6) is 0 Å². The predicted molar refractivity (Wildman–Crippen MR) is 87.6 cm³/mol. The summed E-state index contributed by atoms with van der Waals surface area (Å²) in [6.07, 6.45) is 1.63. The first-order chi connectivity index (χ1) is 11.5. The fourth-order valence-corrected chi connectivity index (χ4v) is 2.69. The van der Waals surface area contributed by atoms with Crippen molar-refractivity contribution in [2.75, 3.05) is 13.2 Å². The van der Waals surface area contributed by atoms with Crippen LogP contribution in [-0.2, 0) is 9.53 Å². The van der Waals surface area contributed by atoms with Crippen LogP contribution in [0.1, 0.15) is 22.3 Å². The molecule has 0 aliphatic heterocycles. The van der Waals surface area contributed by atoms with Crippen molar-refractivity contribution in [1.29, 1.82) is 0 Å². The Morgan fingerprint density at radius 3 is 2.75 bits per heavy atom. The highest BCUT2D eigenvalue weighted by molar-refractivity contribution is 7.17. The number of nitrogens with one attached hydrogen (secondary N) is 2. The van der Waals surface area contributed by atoms with Crippen LogP contribution in [0, 0.1) is 6.92 Å². The Morgan fingerprint density at radius 1 is 1.29 bits per heavy atom. The van der Waals surface area contributed by atoms with Gasteiger partial charge in [-0.15, -0.1) is 11.3 Å². The van der Waals surface area contributed by atoms with Crippen molar-refractivity contribution in [1.82, 2.24) is 20.6 Å². The number of amides is 3. The molecule has 126 valence electrons. The quantitative estimate of drug-likeness (QED) is 0.793. The second kappa shape index (κ2) is 8.16. The number of thiazole rings is 1. The maximum absolute atomic E-state index is 12.1. The van der Waals surface area contributed by atoms with Crippen molar-refractivity contribution in [2.45, 2.75) is 13.8 Å².